The third-order valence-corrected chi connectivity index (χ3v) is 7.06. The molecule has 0 saturated carbocycles. The monoisotopic (exact) mass is 564 g/mol. The molecule has 3 aromatic rings. The van der Waals surface area contributed by atoms with Crippen LogP contribution in [-0.2, 0) is 22.6 Å². The SMILES string of the molecule is CC[C@H](C)NC(=O)[C@H](Cc1ccccc1)N(Cc1ccccc1)C(=O)COc1ccc(C(C)C)cc1Br. The van der Waals surface area contributed by atoms with Crippen LogP contribution in [0, 0.1) is 0 Å². The summed E-state index contributed by atoms with van der Waals surface area (Å²) >= 11 is 3.57. The third kappa shape index (κ3) is 8.46. The molecule has 0 aliphatic heterocycles. The van der Waals surface area contributed by atoms with Crippen molar-refractivity contribution in [3.05, 3.63) is 100 Å². The molecule has 0 fully saturated rings. The van der Waals surface area contributed by atoms with Gasteiger partial charge in [-0.25, -0.2) is 0 Å². The number of amides is 2. The van der Waals surface area contributed by atoms with E-state index in [2.05, 4.69) is 35.1 Å². The lowest BCUT2D eigenvalue weighted by molar-refractivity contribution is -0.143. The van der Waals surface area contributed by atoms with E-state index in [1.807, 2.05) is 92.7 Å². The Morgan fingerprint density at radius 3 is 2.11 bits per heavy atom. The Hall–Kier alpha value is -3.12. The van der Waals surface area contributed by atoms with Crippen LogP contribution in [0.15, 0.2) is 83.3 Å². The van der Waals surface area contributed by atoms with Gasteiger partial charge in [0.2, 0.25) is 5.91 Å². The van der Waals surface area contributed by atoms with Crippen LogP contribution < -0.4 is 10.1 Å². The van der Waals surface area contributed by atoms with Crippen molar-refractivity contribution in [2.75, 3.05) is 6.61 Å². The van der Waals surface area contributed by atoms with Crippen molar-refractivity contribution in [1.29, 1.82) is 0 Å². The summed E-state index contributed by atoms with van der Waals surface area (Å²) in [6, 6.07) is 24.8. The van der Waals surface area contributed by atoms with Crippen LogP contribution >= 0.6 is 15.9 Å². The van der Waals surface area contributed by atoms with Crippen LogP contribution in [0.1, 0.15) is 56.7 Å². The molecule has 6 heteroatoms. The molecule has 0 aliphatic rings. The van der Waals surface area contributed by atoms with Gasteiger partial charge >= 0.3 is 0 Å². The van der Waals surface area contributed by atoms with Crippen LogP contribution in [0.5, 0.6) is 5.75 Å². The van der Waals surface area contributed by atoms with E-state index >= 15 is 0 Å². The highest BCUT2D eigenvalue weighted by molar-refractivity contribution is 9.10. The molecule has 37 heavy (non-hydrogen) atoms. The van der Waals surface area contributed by atoms with Crippen molar-refractivity contribution in [2.45, 2.75) is 65.1 Å². The van der Waals surface area contributed by atoms with Gasteiger partial charge in [-0.15, -0.1) is 0 Å². The number of halogens is 1. The highest BCUT2D eigenvalue weighted by atomic mass is 79.9. The quantitative estimate of drug-likeness (QED) is 0.273. The van der Waals surface area contributed by atoms with Gasteiger partial charge in [-0.05, 0) is 64.0 Å². The number of nitrogens with zero attached hydrogens (tertiary/aromatic N) is 1. The van der Waals surface area contributed by atoms with Gasteiger partial charge in [0.1, 0.15) is 11.8 Å². The molecule has 196 valence electrons. The molecule has 0 aliphatic carbocycles. The normalized spacial score (nSPS) is 12.6. The number of benzene rings is 3. The molecule has 0 unspecified atom stereocenters. The Bertz CT molecular complexity index is 1150. The minimum Gasteiger partial charge on any atom is -0.483 e. The van der Waals surface area contributed by atoms with Gasteiger partial charge in [0, 0.05) is 19.0 Å². The second kappa shape index (κ2) is 14.0. The van der Waals surface area contributed by atoms with E-state index in [0.717, 1.165) is 22.0 Å². The van der Waals surface area contributed by atoms with Gasteiger partial charge < -0.3 is 15.0 Å². The zero-order chi connectivity index (χ0) is 26.8. The zero-order valence-electron chi connectivity index (χ0n) is 22.1. The van der Waals surface area contributed by atoms with Gasteiger partial charge in [-0.2, -0.15) is 0 Å². The van der Waals surface area contributed by atoms with Crippen molar-refractivity contribution < 1.29 is 14.3 Å². The van der Waals surface area contributed by atoms with Crippen LogP contribution in [0.25, 0.3) is 0 Å². The van der Waals surface area contributed by atoms with E-state index in [-0.39, 0.29) is 24.5 Å². The summed E-state index contributed by atoms with van der Waals surface area (Å²) in [7, 11) is 0. The fourth-order valence-corrected chi connectivity index (χ4v) is 4.50. The molecular formula is C31H37BrN2O3. The molecule has 5 nitrogen and oxygen atoms in total. The van der Waals surface area contributed by atoms with Crippen LogP contribution in [0.2, 0.25) is 0 Å². The number of hydrogen-bond donors (Lipinski definition) is 1. The van der Waals surface area contributed by atoms with Gasteiger partial charge in [-0.1, -0.05) is 87.5 Å². The first-order valence-corrected chi connectivity index (χ1v) is 13.7. The molecule has 0 bridgehead atoms. The first-order valence-electron chi connectivity index (χ1n) is 12.9. The van der Waals surface area contributed by atoms with Crippen molar-refractivity contribution in [3.8, 4) is 5.75 Å². The van der Waals surface area contributed by atoms with Gasteiger partial charge in [0.05, 0.1) is 4.47 Å². The number of hydrogen-bond acceptors (Lipinski definition) is 3. The zero-order valence-corrected chi connectivity index (χ0v) is 23.7. The molecule has 1 N–H and O–H groups in total. The van der Waals surface area contributed by atoms with E-state index in [4.69, 9.17) is 4.74 Å². The van der Waals surface area contributed by atoms with Gasteiger partial charge in [0.25, 0.3) is 5.91 Å². The number of rotatable bonds is 12. The Kier molecular flexibility index (Phi) is 10.8. The summed E-state index contributed by atoms with van der Waals surface area (Å²) in [5.74, 6) is 0.575. The van der Waals surface area contributed by atoms with Crippen molar-refractivity contribution in [2.24, 2.45) is 0 Å². The molecule has 0 aromatic heterocycles. The second-order valence-electron chi connectivity index (χ2n) is 9.66. The first kappa shape index (κ1) is 28.5. The maximum Gasteiger partial charge on any atom is 0.261 e. The predicted molar refractivity (Wildman–Crippen MR) is 153 cm³/mol. The highest BCUT2D eigenvalue weighted by Gasteiger charge is 2.31. The number of ether oxygens (including phenoxy) is 1. The molecule has 0 radical (unpaired) electrons. The maximum atomic E-state index is 13.7. The van der Waals surface area contributed by atoms with E-state index < -0.39 is 6.04 Å². The Balaban J connectivity index is 1.89. The molecule has 3 aromatic carbocycles. The number of carbonyl (C=O) groups excluding carboxylic acids is 2. The fourth-order valence-electron chi connectivity index (χ4n) is 3.99. The lowest BCUT2D eigenvalue weighted by atomic mass is 10.0. The van der Waals surface area contributed by atoms with Crippen molar-refractivity contribution in [3.63, 3.8) is 0 Å². The predicted octanol–water partition coefficient (Wildman–Crippen LogP) is 6.51. The van der Waals surface area contributed by atoms with Gasteiger partial charge in [-0.3, -0.25) is 9.59 Å². The summed E-state index contributed by atoms with van der Waals surface area (Å²) in [5.41, 5.74) is 3.12. The molecule has 2 amide bonds. The minimum atomic E-state index is -0.681. The first-order chi connectivity index (χ1) is 17.8. The van der Waals surface area contributed by atoms with E-state index in [1.54, 1.807) is 4.90 Å². The Labute approximate surface area is 229 Å². The summed E-state index contributed by atoms with van der Waals surface area (Å²) in [6.07, 6.45) is 1.22. The largest absolute Gasteiger partial charge is 0.483 e. The standard InChI is InChI=1S/C31H37BrN2O3/c1-5-23(4)33-31(36)28(18-24-12-8-6-9-13-24)34(20-25-14-10-7-11-15-25)30(35)21-37-29-17-16-26(22(2)3)19-27(29)32/h6-17,19,22-23,28H,5,18,20-21H2,1-4H3,(H,33,36)/t23-,28-/m0/s1. The van der Waals surface area contributed by atoms with Crippen LogP contribution in [0.4, 0.5) is 0 Å². The molecule has 3 rings (SSSR count). The summed E-state index contributed by atoms with van der Waals surface area (Å²) in [6.45, 7) is 8.40. The second-order valence-corrected chi connectivity index (χ2v) is 10.5. The number of nitrogens with one attached hydrogen (secondary N) is 1. The Morgan fingerprint density at radius 1 is 0.919 bits per heavy atom. The molecule has 2 atom stereocenters. The van der Waals surface area contributed by atoms with Crippen LogP contribution in [-0.4, -0.2) is 35.4 Å². The maximum absolute atomic E-state index is 13.7. The summed E-state index contributed by atoms with van der Waals surface area (Å²) < 4.78 is 6.77. The lowest BCUT2D eigenvalue weighted by Crippen LogP contribution is -2.53. The summed E-state index contributed by atoms with van der Waals surface area (Å²) in [4.78, 5) is 28.9. The van der Waals surface area contributed by atoms with Crippen LogP contribution in [0.3, 0.4) is 0 Å². The minimum absolute atomic E-state index is 0.00567. The van der Waals surface area contributed by atoms with Crippen molar-refractivity contribution >= 4 is 27.7 Å². The van der Waals surface area contributed by atoms with E-state index in [9.17, 15) is 9.59 Å². The summed E-state index contributed by atoms with van der Waals surface area (Å²) in [5, 5.41) is 3.09. The number of carbonyl (C=O) groups is 2. The smallest absolute Gasteiger partial charge is 0.261 e. The fraction of sp³-hybridized carbons (Fsp3) is 0.355. The van der Waals surface area contributed by atoms with Gasteiger partial charge in [0.15, 0.2) is 6.61 Å². The Morgan fingerprint density at radius 2 is 1.54 bits per heavy atom. The topological polar surface area (TPSA) is 58.6 Å². The lowest BCUT2D eigenvalue weighted by Gasteiger charge is -2.32. The molecular weight excluding hydrogens is 528 g/mol. The van der Waals surface area contributed by atoms with E-state index in [0.29, 0.717) is 24.6 Å². The highest BCUT2D eigenvalue weighted by Crippen LogP contribution is 2.29. The molecule has 0 heterocycles. The average molecular weight is 566 g/mol. The van der Waals surface area contributed by atoms with Crippen molar-refractivity contribution in [1.82, 2.24) is 10.2 Å². The third-order valence-electron chi connectivity index (χ3n) is 6.44. The van der Waals surface area contributed by atoms with E-state index in [1.165, 1.54) is 5.56 Å². The molecule has 0 saturated heterocycles. The average Bonchev–Trinajstić information content (AvgIpc) is 2.90. The molecule has 0 spiro atoms.